The molecule has 1 saturated heterocycles. The van der Waals surface area contributed by atoms with Crippen molar-refractivity contribution in [3.63, 3.8) is 0 Å². The summed E-state index contributed by atoms with van der Waals surface area (Å²) in [6.45, 7) is 3.62. The Bertz CT molecular complexity index is 1150. The number of aromatic hydroxyl groups is 2. The van der Waals surface area contributed by atoms with Crippen molar-refractivity contribution in [2.45, 2.75) is 43.7 Å². The molecule has 4 N–H and O–H groups in total. The fourth-order valence-corrected chi connectivity index (χ4v) is 4.19. The molecule has 2 unspecified atom stereocenters. The number of esters is 2. The van der Waals surface area contributed by atoms with Gasteiger partial charge >= 0.3 is 11.9 Å². The summed E-state index contributed by atoms with van der Waals surface area (Å²) in [6.07, 6.45) is -1.89. The van der Waals surface area contributed by atoms with E-state index in [0.29, 0.717) is 5.56 Å². The van der Waals surface area contributed by atoms with Gasteiger partial charge < -0.3 is 34.6 Å². The largest absolute Gasteiger partial charge is 0.508 e. The van der Waals surface area contributed by atoms with Gasteiger partial charge in [-0.25, -0.2) is 9.59 Å². The number of methoxy groups -OCH3 is 1. The van der Waals surface area contributed by atoms with Crippen LogP contribution in [0.1, 0.15) is 36.6 Å². The first kappa shape index (κ1) is 22.6. The van der Waals surface area contributed by atoms with Crippen LogP contribution in [0, 0.1) is 0 Å². The van der Waals surface area contributed by atoms with Crippen LogP contribution in [0.25, 0.3) is 5.57 Å². The van der Waals surface area contributed by atoms with Crippen molar-refractivity contribution in [1.29, 1.82) is 0 Å². The second kappa shape index (κ2) is 7.79. The molecule has 2 heterocycles. The summed E-state index contributed by atoms with van der Waals surface area (Å²) < 4.78 is 15.8. The minimum atomic E-state index is -2.03. The van der Waals surface area contributed by atoms with E-state index in [4.69, 9.17) is 14.2 Å². The Hall–Kier alpha value is -3.56. The number of aliphatic hydroxyl groups is 2. The molecule has 9 heteroatoms. The Kier molecular flexibility index (Phi) is 5.34. The minimum absolute atomic E-state index is 0.0462. The molecule has 2 aromatic carbocycles. The topological polar surface area (TPSA) is 146 Å². The molecular weight excluding hydrogens is 432 g/mol. The normalized spacial score (nSPS) is 24.4. The quantitative estimate of drug-likeness (QED) is 0.380. The average molecular weight is 456 g/mol. The van der Waals surface area contributed by atoms with Crippen LogP contribution >= 0.6 is 0 Å². The van der Waals surface area contributed by atoms with E-state index >= 15 is 0 Å². The smallest absolute Gasteiger partial charge is 0.375 e. The fourth-order valence-electron chi connectivity index (χ4n) is 4.19. The van der Waals surface area contributed by atoms with Crippen LogP contribution in [0.2, 0.25) is 0 Å². The van der Waals surface area contributed by atoms with Crippen molar-refractivity contribution in [3.05, 3.63) is 64.9 Å². The summed E-state index contributed by atoms with van der Waals surface area (Å²) in [5, 5.41) is 41.1. The highest BCUT2D eigenvalue weighted by Crippen LogP contribution is 2.47. The Morgan fingerprint density at radius 1 is 1.12 bits per heavy atom. The number of ether oxygens (including phenoxy) is 3. The van der Waals surface area contributed by atoms with E-state index in [-0.39, 0.29) is 34.6 Å². The highest BCUT2D eigenvalue weighted by molar-refractivity contribution is 6.11. The van der Waals surface area contributed by atoms with Crippen molar-refractivity contribution >= 4 is 17.5 Å². The standard InChI is InChI=1S/C24H24O9/c1-23(2)20(32-23)18(27)15-10-12(4-9-16(15)26)11-24(22(30)31-3)17(19(28)21(29)33-24)13-5-7-14(25)8-6-13/h4-10,18,20,25-28H,11H2,1-3H3/t18?,20?,24-/m1/s1. The summed E-state index contributed by atoms with van der Waals surface area (Å²) in [6, 6.07) is 9.89. The molecule has 2 aromatic rings. The molecule has 0 aromatic heterocycles. The lowest BCUT2D eigenvalue weighted by molar-refractivity contribution is -0.169. The third kappa shape index (κ3) is 3.79. The molecule has 2 aliphatic heterocycles. The van der Waals surface area contributed by atoms with Gasteiger partial charge in [0.2, 0.25) is 11.4 Å². The van der Waals surface area contributed by atoms with Gasteiger partial charge in [0.15, 0.2) is 0 Å². The summed E-state index contributed by atoms with van der Waals surface area (Å²) in [5.41, 5.74) is -1.80. The van der Waals surface area contributed by atoms with E-state index in [1.54, 1.807) is 0 Å². The van der Waals surface area contributed by atoms with Crippen molar-refractivity contribution < 1.29 is 44.2 Å². The number of carbonyl (C=O) groups excluding carboxylic acids is 2. The molecule has 3 atom stereocenters. The highest BCUT2D eigenvalue weighted by Gasteiger charge is 2.56. The lowest BCUT2D eigenvalue weighted by atomic mass is 9.82. The Morgan fingerprint density at radius 2 is 1.76 bits per heavy atom. The monoisotopic (exact) mass is 456 g/mol. The Morgan fingerprint density at radius 3 is 2.33 bits per heavy atom. The van der Waals surface area contributed by atoms with Crippen LogP contribution < -0.4 is 0 Å². The van der Waals surface area contributed by atoms with Crippen molar-refractivity contribution in [3.8, 4) is 11.5 Å². The zero-order chi connectivity index (χ0) is 24.1. The number of benzene rings is 2. The molecule has 0 saturated carbocycles. The predicted molar refractivity (Wildman–Crippen MR) is 114 cm³/mol. The molecule has 0 amide bonds. The zero-order valence-electron chi connectivity index (χ0n) is 18.2. The van der Waals surface area contributed by atoms with E-state index in [1.165, 1.54) is 42.5 Å². The van der Waals surface area contributed by atoms with Gasteiger partial charge in [-0.15, -0.1) is 0 Å². The average Bonchev–Trinajstić information content (AvgIpc) is 3.34. The molecule has 9 nitrogen and oxygen atoms in total. The number of epoxide rings is 1. The Labute approximate surface area is 189 Å². The molecule has 1 fully saturated rings. The van der Waals surface area contributed by atoms with E-state index < -0.39 is 41.1 Å². The van der Waals surface area contributed by atoms with E-state index in [2.05, 4.69) is 0 Å². The first-order chi connectivity index (χ1) is 15.5. The molecule has 4 rings (SSSR count). The fraction of sp³-hybridized carbons (Fsp3) is 0.333. The maximum absolute atomic E-state index is 13.0. The third-order valence-electron chi connectivity index (χ3n) is 5.98. The van der Waals surface area contributed by atoms with E-state index in [9.17, 15) is 30.0 Å². The number of phenolic OH excluding ortho intramolecular Hbond substituents is 2. The zero-order valence-corrected chi connectivity index (χ0v) is 18.2. The number of hydrogen-bond donors (Lipinski definition) is 4. The lowest BCUT2D eigenvalue weighted by Crippen LogP contribution is -2.44. The Balaban J connectivity index is 1.78. The third-order valence-corrected chi connectivity index (χ3v) is 5.98. The van der Waals surface area contributed by atoms with Gasteiger partial charge in [0.25, 0.3) is 0 Å². The highest BCUT2D eigenvalue weighted by atomic mass is 16.6. The molecule has 2 aliphatic rings. The van der Waals surface area contributed by atoms with Gasteiger partial charge in [0.1, 0.15) is 23.7 Å². The minimum Gasteiger partial charge on any atom is -0.508 e. The van der Waals surface area contributed by atoms with Gasteiger partial charge in [0, 0.05) is 12.0 Å². The maximum Gasteiger partial charge on any atom is 0.375 e. The number of carbonyl (C=O) groups is 2. The number of rotatable bonds is 6. The van der Waals surface area contributed by atoms with Gasteiger partial charge in [-0.2, -0.15) is 0 Å². The van der Waals surface area contributed by atoms with Crippen molar-refractivity contribution in [2.24, 2.45) is 0 Å². The summed E-state index contributed by atoms with van der Waals surface area (Å²) >= 11 is 0. The van der Waals surface area contributed by atoms with E-state index in [0.717, 1.165) is 7.11 Å². The maximum atomic E-state index is 13.0. The van der Waals surface area contributed by atoms with Crippen LogP contribution in [0.5, 0.6) is 11.5 Å². The van der Waals surface area contributed by atoms with Crippen LogP contribution in [-0.2, 0) is 30.2 Å². The van der Waals surface area contributed by atoms with Crippen molar-refractivity contribution in [1.82, 2.24) is 0 Å². The van der Waals surface area contributed by atoms with Crippen LogP contribution in [0.3, 0.4) is 0 Å². The van der Waals surface area contributed by atoms with Crippen molar-refractivity contribution in [2.75, 3.05) is 7.11 Å². The number of cyclic esters (lactones) is 1. The number of hydrogen-bond acceptors (Lipinski definition) is 9. The predicted octanol–water partition coefficient (Wildman–Crippen LogP) is 2.29. The summed E-state index contributed by atoms with van der Waals surface area (Å²) in [5.74, 6) is -2.99. The first-order valence-electron chi connectivity index (χ1n) is 10.2. The van der Waals surface area contributed by atoms with Gasteiger partial charge in [0.05, 0.1) is 18.3 Å². The molecule has 0 aliphatic carbocycles. The number of phenols is 2. The summed E-state index contributed by atoms with van der Waals surface area (Å²) in [7, 11) is 1.13. The molecular formula is C24H24O9. The second-order valence-corrected chi connectivity index (χ2v) is 8.64. The molecule has 0 spiro atoms. The lowest BCUT2D eigenvalue weighted by Gasteiger charge is -2.28. The summed E-state index contributed by atoms with van der Waals surface area (Å²) in [4.78, 5) is 25.3. The van der Waals surface area contributed by atoms with Gasteiger partial charge in [-0.05, 0) is 49.2 Å². The first-order valence-corrected chi connectivity index (χ1v) is 10.2. The van der Waals surface area contributed by atoms with Gasteiger partial charge in [-0.1, -0.05) is 18.2 Å². The van der Waals surface area contributed by atoms with E-state index in [1.807, 2.05) is 13.8 Å². The van der Waals surface area contributed by atoms with Gasteiger partial charge in [-0.3, -0.25) is 0 Å². The van der Waals surface area contributed by atoms with Crippen LogP contribution in [-0.4, -0.2) is 56.8 Å². The SMILES string of the molecule is COC(=O)[C@]1(Cc2ccc(O)c(C(O)C3OC3(C)C)c2)OC(=O)C(O)=C1c1ccc(O)cc1. The number of aliphatic hydroxyl groups excluding tert-OH is 2. The molecule has 33 heavy (non-hydrogen) atoms. The molecule has 174 valence electrons. The molecule has 0 bridgehead atoms. The van der Waals surface area contributed by atoms with Crippen LogP contribution in [0.15, 0.2) is 48.2 Å². The second-order valence-electron chi connectivity index (χ2n) is 8.64. The van der Waals surface area contributed by atoms with Crippen LogP contribution in [0.4, 0.5) is 0 Å². The molecule has 0 radical (unpaired) electrons.